The highest BCUT2D eigenvalue weighted by Crippen LogP contribution is 2.25. The molecule has 0 atom stereocenters. The normalized spacial score (nSPS) is 14.5. The Balaban J connectivity index is 1.54. The van der Waals surface area contributed by atoms with Gasteiger partial charge < -0.3 is 19.6 Å². The Kier molecular flexibility index (Phi) is 6.99. The van der Waals surface area contributed by atoms with Gasteiger partial charge in [-0.15, -0.1) is 0 Å². The van der Waals surface area contributed by atoms with E-state index in [1.54, 1.807) is 36.2 Å². The molecule has 7 heteroatoms. The quantitative estimate of drug-likeness (QED) is 0.745. The van der Waals surface area contributed by atoms with Gasteiger partial charge in [-0.1, -0.05) is 35.9 Å². The van der Waals surface area contributed by atoms with Crippen LogP contribution >= 0.6 is 11.6 Å². The summed E-state index contributed by atoms with van der Waals surface area (Å²) in [5.41, 5.74) is 2.07. The Bertz CT molecular complexity index is 865. The van der Waals surface area contributed by atoms with Crippen molar-refractivity contribution in [2.45, 2.75) is 19.4 Å². The minimum Gasteiger partial charge on any atom is -0.482 e. The van der Waals surface area contributed by atoms with Gasteiger partial charge in [0.1, 0.15) is 5.75 Å². The monoisotopic (exact) mass is 416 g/mol. The smallest absolute Gasteiger partial charge is 0.306 e. The third-order valence-electron chi connectivity index (χ3n) is 5.15. The maximum atomic E-state index is 12.4. The lowest BCUT2D eigenvalue weighted by Crippen LogP contribution is -2.36. The molecule has 2 aromatic rings. The molecule has 1 aliphatic rings. The summed E-state index contributed by atoms with van der Waals surface area (Å²) in [6.07, 6.45) is 1.30. The Hall–Kier alpha value is -2.73. The molecule has 0 spiro atoms. The minimum absolute atomic E-state index is 0.0807. The van der Waals surface area contributed by atoms with Crippen LogP contribution in [0.2, 0.25) is 5.02 Å². The zero-order valence-electron chi connectivity index (χ0n) is 16.4. The van der Waals surface area contributed by atoms with Crippen molar-refractivity contribution in [1.82, 2.24) is 4.90 Å². The van der Waals surface area contributed by atoms with E-state index in [1.807, 2.05) is 18.2 Å². The van der Waals surface area contributed by atoms with Crippen LogP contribution in [-0.4, -0.2) is 48.6 Å². The molecule has 0 unspecified atom stereocenters. The van der Waals surface area contributed by atoms with Gasteiger partial charge in [0.15, 0.2) is 6.61 Å². The number of carboxylic acids is 1. The third kappa shape index (κ3) is 5.64. The number of benzene rings is 2. The number of para-hydroxylation sites is 1. The van der Waals surface area contributed by atoms with Gasteiger partial charge in [0, 0.05) is 32.4 Å². The molecule has 2 aromatic carbocycles. The van der Waals surface area contributed by atoms with E-state index in [4.69, 9.17) is 21.4 Å². The van der Waals surface area contributed by atoms with Crippen LogP contribution in [0.15, 0.2) is 48.5 Å². The minimum atomic E-state index is -0.711. The predicted octanol–water partition coefficient (Wildman–Crippen LogP) is 3.68. The Morgan fingerprint density at radius 1 is 1.17 bits per heavy atom. The number of carbonyl (C=O) groups is 2. The van der Waals surface area contributed by atoms with Gasteiger partial charge in [0.25, 0.3) is 5.91 Å². The van der Waals surface area contributed by atoms with Crippen LogP contribution in [0.3, 0.4) is 0 Å². The average molecular weight is 417 g/mol. The molecular weight excluding hydrogens is 392 g/mol. The second kappa shape index (κ2) is 9.65. The molecule has 0 aromatic heterocycles. The lowest BCUT2D eigenvalue weighted by atomic mass is 9.96. The van der Waals surface area contributed by atoms with Crippen molar-refractivity contribution in [3.05, 3.63) is 59.1 Å². The number of amides is 1. The van der Waals surface area contributed by atoms with Gasteiger partial charge in [-0.05, 0) is 42.7 Å². The van der Waals surface area contributed by atoms with Gasteiger partial charge in [0.05, 0.1) is 10.9 Å². The first-order valence-corrected chi connectivity index (χ1v) is 10.00. The van der Waals surface area contributed by atoms with Crippen LogP contribution in [0.1, 0.15) is 18.4 Å². The van der Waals surface area contributed by atoms with Crippen molar-refractivity contribution in [3.63, 3.8) is 0 Å². The fourth-order valence-corrected chi connectivity index (χ4v) is 3.60. The van der Waals surface area contributed by atoms with Crippen molar-refractivity contribution in [2.24, 2.45) is 5.92 Å². The molecule has 6 nitrogen and oxygen atoms in total. The van der Waals surface area contributed by atoms with Crippen LogP contribution in [0, 0.1) is 5.92 Å². The first kappa shape index (κ1) is 21.0. The number of likely N-dealkylation sites (N-methyl/N-ethyl adjacent to an activating group) is 1. The van der Waals surface area contributed by atoms with Crippen LogP contribution in [0.25, 0.3) is 0 Å². The van der Waals surface area contributed by atoms with Crippen molar-refractivity contribution in [1.29, 1.82) is 0 Å². The summed E-state index contributed by atoms with van der Waals surface area (Å²) in [6.45, 7) is 1.83. The van der Waals surface area contributed by atoms with Crippen LogP contribution in [0.5, 0.6) is 5.75 Å². The van der Waals surface area contributed by atoms with E-state index >= 15 is 0 Å². The van der Waals surface area contributed by atoms with E-state index in [0.717, 1.165) is 24.3 Å². The van der Waals surface area contributed by atoms with E-state index in [9.17, 15) is 9.59 Å². The number of piperidine rings is 1. The SMILES string of the molecule is CN(Cc1cccc(N2CCC(C(=O)O)CC2)c1)C(=O)COc1ccccc1Cl. The summed E-state index contributed by atoms with van der Waals surface area (Å²) in [4.78, 5) is 27.4. The molecule has 0 bridgehead atoms. The number of carboxylic acid groups (broad SMARTS) is 1. The molecule has 1 N–H and O–H groups in total. The van der Waals surface area contributed by atoms with Crippen molar-refractivity contribution in [2.75, 3.05) is 31.6 Å². The van der Waals surface area contributed by atoms with E-state index in [-0.39, 0.29) is 18.4 Å². The number of aliphatic carboxylic acids is 1. The molecule has 154 valence electrons. The molecule has 0 aliphatic carbocycles. The second-order valence-electron chi connectivity index (χ2n) is 7.24. The summed E-state index contributed by atoms with van der Waals surface area (Å²) < 4.78 is 5.53. The van der Waals surface area contributed by atoms with Gasteiger partial charge in [-0.25, -0.2) is 0 Å². The standard InChI is InChI=1S/C22H25ClN2O4/c1-24(21(26)15-29-20-8-3-2-7-19(20)23)14-16-5-4-6-18(13-16)25-11-9-17(10-12-25)22(27)28/h2-8,13,17H,9-12,14-15H2,1H3,(H,27,28). The number of hydrogen-bond acceptors (Lipinski definition) is 4. The predicted molar refractivity (Wildman–Crippen MR) is 112 cm³/mol. The second-order valence-corrected chi connectivity index (χ2v) is 7.65. The van der Waals surface area contributed by atoms with Crippen LogP contribution in [0.4, 0.5) is 5.69 Å². The molecule has 1 heterocycles. The van der Waals surface area contributed by atoms with Gasteiger partial charge in [0.2, 0.25) is 0 Å². The third-order valence-corrected chi connectivity index (χ3v) is 5.47. The topological polar surface area (TPSA) is 70.1 Å². The molecule has 3 rings (SSSR count). The highest BCUT2D eigenvalue weighted by atomic mass is 35.5. The highest BCUT2D eigenvalue weighted by molar-refractivity contribution is 6.32. The largest absolute Gasteiger partial charge is 0.482 e. The van der Waals surface area contributed by atoms with Gasteiger partial charge >= 0.3 is 5.97 Å². The summed E-state index contributed by atoms with van der Waals surface area (Å²) in [6, 6.07) is 15.1. The lowest BCUT2D eigenvalue weighted by molar-refractivity contribution is -0.142. The van der Waals surface area contributed by atoms with Crippen molar-refractivity contribution in [3.8, 4) is 5.75 Å². The highest BCUT2D eigenvalue weighted by Gasteiger charge is 2.24. The summed E-state index contributed by atoms with van der Waals surface area (Å²) >= 11 is 6.05. The molecular formula is C22H25ClN2O4. The molecule has 0 radical (unpaired) electrons. The number of hydrogen-bond donors (Lipinski definition) is 1. The number of anilines is 1. The zero-order chi connectivity index (χ0) is 20.8. The van der Waals surface area contributed by atoms with E-state index in [1.165, 1.54) is 0 Å². The summed E-state index contributed by atoms with van der Waals surface area (Å²) in [5, 5.41) is 9.62. The molecule has 1 saturated heterocycles. The van der Waals surface area contributed by atoms with E-state index in [0.29, 0.717) is 30.2 Å². The van der Waals surface area contributed by atoms with Crippen LogP contribution < -0.4 is 9.64 Å². The van der Waals surface area contributed by atoms with Crippen molar-refractivity contribution >= 4 is 29.2 Å². The Labute approximate surface area is 175 Å². The Morgan fingerprint density at radius 2 is 1.90 bits per heavy atom. The summed E-state index contributed by atoms with van der Waals surface area (Å²) in [5.74, 6) is -0.617. The Morgan fingerprint density at radius 3 is 2.59 bits per heavy atom. The maximum absolute atomic E-state index is 12.4. The van der Waals surface area contributed by atoms with E-state index < -0.39 is 5.97 Å². The average Bonchev–Trinajstić information content (AvgIpc) is 2.73. The zero-order valence-corrected chi connectivity index (χ0v) is 17.1. The number of halogens is 1. The van der Waals surface area contributed by atoms with E-state index in [2.05, 4.69) is 11.0 Å². The summed E-state index contributed by atoms with van der Waals surface area (Å²) in [7, 11) is 1.74. The maximum Gasteiger partial charge on any atom is 0.306 e. The molecule has 1 fully saturated rings. The number of carbonyl (C=O) groups excluding carboxylic acids is 1. The molecule has 29 heavy (non-hydrogen) atoms. The fraction of sp³-hybridized carbons (Fsp3) is 0.364. The molecule has 0 saturated carbocycles. The molecule has 1 amide bonds. The fourth-order valence-electron chi connectivity index (χ4n) is 3.41. The van der Waals surface area contributed by atoms with Crippen molar-refractivity contribution < 1.29 is 19.4 Å². The molecule has 1 aliphatic heterocycles. The lowest BCUT2D eigenvalue weighted by Gasteiger charge is -2.32. The van der Waals surface area contributed by atoms with Gasteiger partial charge in [-0.2, -0.15) is 0 Å². The number of rotatable bonds is 7. The van der Waals surface area contributed by atoms with Crippen LogP contribution in [-0.2, 0) is 16.1 Å². The number of nitrogens with zero attached hydrogens (tertiary/aromatic N) is 2. The first-order valence-electron chi connectivity index (χ1n) is 9.62. The van der Waals surface area contributed by atoms with Gasteiger partial charge in [-0.3, -0.25) is 9.59 Å². The first-order chi connectivity index (χ1) is 13.9. The number of ether oxygens (including phenoxy) is 1.